The van der Waals surface area contributed by atoms with Gasteiger partial charge in [0.25, 0.3) is 11.8 Å². The van der Waals surface area contributed by atoms with Crippen molar-refractivity contribution in [1.82, 2.24) is 9.80 Å². The van der Waals surface area contributed by atoms with Crippen LogP contribution in [0.4, 0.5) is 10.1 Å². The second-order valence-electron chi connectivity index (χ2n) is 6.27. The molecule has 0 atom stereocenters. The molecule has 1 fully saturated rings. The zero-order valence-electron chi connectivity index (χ0n) is 14.7. The third-order valence-electron chi connectivity index (χ3n) is 4.58. The van der Waals surface area contributed by atoms with E-state index in [0.717, 1.165) is 19.6 Å². The Balaban J connectivity index is 1.68. The largest absolute Gasteiger partial charge is 0.336 e. The molecule has 1 aliphatic heterocycles. The predicted octanol–water partition coefficient (Wildman–Crippen LogP) is 2.86. The number of likely N-dealkylation sites (N-methyl/N-ethyl adjacent to an activating group) is 1. The maximum absolute atomic E-state index is 13.0. The van der Waals surface area contributed by atoms with Crippen molar-refractivity contribution < 1.29 is 14.0 Å². The summed E-state index contributed by atoms with van der Waals surface area (Å²) < 4.78 is 13.0. The molecule has 2 aromatic carbocycles. The van der Waals surface area contributed by atoms with E-state index in [0.29, 0.717) is 29.9 Å². The first-order valence-corrected chi connectivity index (χ1v) is 8.75. The van der Waals surface area contributed by atoms with Crippen LogP contribution in [0.2, 0.25) is 0 Å². The molecular weight excluding hydrogens is 333 g/mol. The lowest BCUT2D eigenvalue weighted by atomic mass is 10.1. The van der Waals surface area contributed by atoms with Crippen LogP contribution in [0.1, 0.15) is 27.6 Å². The summed E-state index contributed by atoms with van der Waals surface area (Å²) in [5.74, 6) is -0.752. The first-order chi connectivity index (χ1) is 12.6. The van der Waals surface area contributed by atoms with Gasteiger partial charge in [-0.3, -0.25) is 9.59 Å². The van der Waals surface area contributed by atoms with Gasteiger partial charge < -0.3 is 15.1 Å². The maximum Gasteiger partial charge on any atom is 0.255 e. The number of hydrogen-bond acceptors (Lipinski definition) is 3. The number of hydrogen-bond donors (Lipinski definition) is 1. The van der Waals surface area contributed by atoms with Crippen LogP contribution in [0.5, 0.6) is 0 Å². The molecule has 1 saturated heterocycles. The van der Waals surface area contributed by atoms with Gasteiger partial charge in [-0.05, 0) is 49.0 Å². The Bertz CT molecular complexity index is 784. The van der Waals surface area contributed by atoms with Gasteiger partial charge in [-0.15, -0.1) is 0 Å². The zero-order chi connectivity index (χ0) is 18.5. The van der Waals surface area contributed by atoms with Gasteiger partial charge in [0.2, 0.25) is 0 Å². The summed E-state index contributed by atoms with van der Waals surface area (Å²) in [5, 5.41) is 2.71. The van der Waals surface area contributed by atoms with E-state index in [1.807, 2.05) is 4.90 Å². The summed E-state index contributed by atoms with van der Waals surface area (Å²) in [7, 11) is 0. The molecular formula is C20H22FN3O2. The second-order valence-corrected chi connectivity index (χ2v) is 6.27. The molecule has 0 bridgehead atoms. The van der Waals surface area contributed by atoms with Gasteiger partial charge in [-0.2, -0.15) is 0 Å². The zero-order valence-corrected chi connectivity index (χ0v) is 14.7. The minimum absolute atomic E-state index is 0.0582. The highest BCUT2D eigenvalue weighted by atomic mass is 19.1. The Morgan fingerprint density at radius 1 is 1.00 bits per heavy atom. The van der Waals surface area contributed by atoms with E-state index in [4.69, 9.17) is 0 Å². The fraction of sp³-hybridized carbons (Fsp3) is 0.300. The predicted molar refractivity (Wildman–Crippen MR) is 98.8 cm³/mol. The van der Waals surface area contributed by atoms with E-state index in [9.17, 15) is 14.0 Å². The monoisotopic (exact) mass is 355 g/mol. The number of carbonyl (C=O) groups excluding carboxylic acids is 2. The van der Waals surface area contributed by atoms with Gasteiger partial charge in [0.15, 0.2) is 0 Å². The molecule has 0 spiro atoms. The average molecular weight is 355 g/mol. The molecule has 0 aliphatic carbocycles. The molecule has 2 amide bonds. The highest BCUT2D eigenvalue weighted by Crippen LogP contribution is 2.14. The average Bonchev–Trinajstić information content (AvgIpc) is 2.69. The molecule has 1 aliphatic rings. The molecule has 0 unspecified atom stereocenters. The van der Waals surface area contributed by atoms with Gasteiger partial charge in [-0.1, -0.05) is 13.0 Å². The highest BCUT2D eigenvalue weighted by molar-refractivity contribution is 6.06. The number of piperazine rings is 1. The summed E-state index contributed by atoms with van der Waals surface area (Å²) in [6.07, 6.45) is 0. The van der Waals surface area contributed by atoms with Crippen LogP contribution in [-0.4, -0.2) is 54.3 Å². The van der Waals surface area contributed by atoms with Crippen molar-refractivity contribution in [1.29, 1.82) is 0 Å². The van der Waals surface area contributed by atoms with E-state index < -0.39 is 0 Å². The van der Waals surface area contributed by atoms with E-state index in [-0.39, 0.29) is 17.6 Å². The van der Waals surface area contributed by atoms with Gasteiger partial charge in [0, 0.05) is 43.0 Å². The molecule has 1 N–H and O–H groups in total. The van der Waals surface area contributed by atoms with Crippen LogP contribution in [0.25, 0.3) is 0 Å². The van der Waals surface area contributed by atoms with Crippen molar-refractivity contribution in [2.75, 3.05) is 38.0 Å². The number of halogens is 1. The number of benzene rings is 2. The standard InChI is InChI=1S/C20H22FN3O2/c1-2-23-10-12-24(13-11-23)20(26)16-5-3-4-15(14-16)19(25)22-18-8-6-17(21)7-9-18/h3-9,14H,2,10-13H2,1H3,(H,22,25). The van der Waals surface area contributed by atoms with Gasteiger partial charge in [0.1, 0.15) is 5.82 Å². The Kier molecular flexibility index (Phi) is 5.63. The minimum atomic E-state index is -0.362. The normalized spacial score (nSPS) is 14.9. The molecule has 1 heterocycles. The van der Waals surface area contributed by atoms with E-state index >= 15 is 0 Å². The van der Waals surface area contributed by atoms with Crippen LogP contribution in [-0.2, 0) is 0 Å². The number of anilines is 1. The molecule has 3 rings (SSSR count). The number of rotatable bonds is 4. The topological polar surface area (TPSA) is 52.7 Å². The van der Waals surface area contributed by atoms with Crippen LogP contribution < -0.4 is 5.32 Å². The van der Waals surface area contributed by atoms with Crippen molar-refractivity contribution in [3.8, 4) is 0 Å². The summed E-state index contributed by atoms with van der Waals surface area (Å²) in [5.41, 5.74) is 1.40. The van der Waals surface area contributed by atoms with Crippen LogP contribution in [0.3, 0.4) is 0 Å². The van der Waals surface area contributed by atoms with E-state index in [1.165, 1.54) is 24.3 Å². The van der Waals surface area contributed by atoms with Gasteiger partial charge >= 0.3 is 0 Å². The Hall–Kier alpha value is -2.73. The molecule has 6 heteroatoms. The van der Waals surface area contributed by atoms with Gasteiger partial charge in [0.05, 0.1) is 0 Å². The van der Waals surface area contributed by atoms with Crippen molar-refractivity contribution in [2.24, 2.45) is 0 Å². The van der Waals surface area contributed by atoms with Crippen LogP contribution in [0.15, 0.2) is 48.5 Å². The first-order valence-electron chi connectivity index (χ1n) is 8.75. The van der Waals surface area contributed by atoms with E-state index in [1.54, 1.807) is 24.3 Å². The van der Waals surface area contributed by atoms with Gasteiger partial charge in [-0.25, -0.2) is 4.39 Å². The Morgan fingerprint density at radius 3 is 2.31 bits per heavy atom. The highest BCUT2D eigenvalue weighted by Gasteiger charge is 2.22. The first kappa shape index (κ1) is 18.1. The number of amides is 2. The second kappa shape index (κ2) is 8.10. The summed E-state index contributed by atoms with van der Waals surface area (Å²) >= 11 is 0. The lowest BCUT2D eigenvalue weighted by Gasteiger charge is -2.34. The van der Waals surface area contributed by atoms with Crippen molar-refractivity contribution in [2.45, 2.75) is 6.92 Å². The fourth-order valence-electron chi connectivity index (χ4n) is 2.98. The summed E-state index contributed by atoms with van der Waals surface area (Å²) in [6.45, 7) is 6.22. The lowest BCUT2D eigenvalue weighted by Crippen LogP contribution is -2.48. The Labute approximate surface area is 152 Å². The minimum Gasteiger partial charge on any atom is -0.336 e. The molecule has 136 valence electrons. The third kappa shape index (κ3) is 4.26. The third-order valence-corrected chi connectivity index (χ3v) is 4.58. The number of nitrogens with zero attached hydrogens (tertiary/aromatic N) is 2. The van der Waals surface area contributed by atoms with Crippen molar-refractivity contribution in [3.63, 3.8) is 0 Å². The molecule has 0 aromatic heterocycles. The number of carbonyl (C=O) groups is 2. The fourth-order valence-corrected chi connectivity index (χ4v) is 2.98. The van der Waals surface area contributed by atoms with Crippen LogP contribution in [0, 0.1) is 5.82 Å². The van der Waals surface area contributed by atoms with Crippen molar-refractivity contribution in [3.05, 3.63) is 65.5 Å². The SMILES string of the molecule is CCN1CCN(C(=O)c2cccc(C(=O)Nc3ccc(F)cc3)c2)CC1. The quantitative estimate of drug-likeness (QED) is 0.918. The molecule has 2 aromatic rings. The number of nitrogens with one attached hydrogen (secondary N) is 1. The smallest absolute Gasteiger partial charge is 0.255 e. The summed E-state index contributed by atoms with van der Waals surface area (Å²) in [4.78, 5) is 29.2. The van der Waals surface area contributed by atoms with Crippen LogP contribution >= 0.6 is 0 Å². The molecule has 26 heavy (non-hydrogen) atoms. The van der Waals surface area contributed by atoms with Crippen molar-refractivity contribution >= 4 is 17.5 Å². The molecule has 0 saturated carbocycles. The Morgan fingerprint density at radius 2 is 1.65 bits per heavy atom. The molecule has 0 radical (unpaired) electrons. The maximum atomic E-state index is 13.0. The molecule has 5 nitrogen and oxygen atoms in total. The van der Waals surface area contributed by atoms with E-state index in [2.05, 4.69) is 17.1 Å². The lowest BCUT2D eigenvalue weighted by molar-refractivity contribution is 0.0643. The summed E-state index contributed by atoms with van der Waals surface area (Å²) in [6, 6.07) is 12.2.